The van der Waals surface area contributed by atoms with Crippen molar-refractivity contribution < 1.29 is 30.3 Å². The van der Waals surface area contributed by atoms with E-state index in [1.807, 2.05) is 11.9 Å². The molecule has 1 amide bonds. The van der Waals surface area contributed by atoms with Crippen LogP contribution in [0.4, 0.5) is 0 Å². The maximum absolute atomic E-state index is 13.5. The lowest BCUT2D eigenvalue weighted by Gasteiger charge is -2.43. The normalized spacial score (nSPS) is 33.8. The Balaban J connectivity index is 2.24. The Morgan fingerprint density at radius 3 is 2.42 bits per heavy atom. The number of hydrogen-bond donors (Lipinski definition) is 6. The zero-order chi connectivity index (χ0) is 25.1. The van der Waals surface area contributed by atoms with Crippen LogP contribution in [0.2, 0.25) is 0 Å². The van der Waals surface area contributed by atoms with Gasteiger partial charge in [-0.2, -0.15) is 0 Å². The number of aliphatic hydroxyl groups excluding tert-OH is 4. The van der Waals surface area contributed by atoms with Gasteiger partial charge in [0.05, 0.1) is 35.8 Å². The first-order valence-electron chi connectivity index (χ1n) is 11.9. The number of fused-ring (bicyclic) bond motifs is 1. The summed E-state index contributed by atoms with van der Waals surface area (Å²) in [5.41, 5.74) is -2.39. The molecular weight excluding hydrogens is 468 g/mol. The Kier molecular flexibility index (Phi) is 10.8. The molecule has 10 unspecified atom stereocenters. The summed E-state index contributed by atoms with van der Waals surface area (Å²) in [5.74, 6) is -0.418. The Labute approximate surface area is 207 Å². The van der Waals surface area contributed by atoms with E-state index in [4.69, 9.17) is 11.6 Å². The number of halogens is 1. The summed E-state index contributed by atoms with van der Waals surface area (Å²) in [6, 6.07) is -1.72. The van der Waals surface area contributed by atoms with Crippen molar-refractivity contribution in [2.45, 2.75) is 87.2 Å². The summed E-state index contributed by atoms with van der Waals surface area (Å²) in [6.07, 6.45) is 2.15. The van der Waals surface area contributed by atoms with Gasteiger partial charge in [-0.3, -0.25) is 9.69 Å². The monoisotopic (exact) mass is 510 g/mol. The fraction of sp³-hybridized carbons (Fsp3) is 0.957. The summed E-state index contributed by atoms with van der Waals surface area (Å²) >= 11 is 7.37. The lowest BCUT2D eigenvalue weighted by atomic mass is 9.68. The third kappa shape index (κ3) is 6.55. The summed E-state index contributed by atoms with van der Waals surface area (Å²) in [7, 11) is 1.82. The fourth-order valence-electron chi connectivity index (χ4n) is 5.99. The average Bonchev–Trinajstić information content (AvgIpc) is 3.00. The van der Waals surface area contributed by atoms with Crippen LogP contribution in [0.5, 0.6) is 0 Å². The molecule has 194 valence electrons. The van der Waals surface area contributed by atoms with E-state index in [2.05, 4.69) is 19.2 Å². The number of hydrogen-bond acceptors (Lipinski definition) is 8. The smallest absolute Gasteiger partial charge is 0.240 e. The fourth-order valence-corrected chi connectivity index (χ4v) is 6.68. The molecule has 1 saturated heterocycles. The minimum Gasteiger partial charge on any atom is -0.394 e. The predicted octanol–water partition coefficient (Wildman–Crippen LogP) is 0.618. The number of likely N-dealkylation sites (tertiary alicyclic amines) is 1. The van der Waals surface area contributed by atoms with Gasteiger partial charge in [-0.15, -0.1) is 23.4 Å². The molecule has 33 heavy (non-hydrogen) atoms. The van der Waals surface area contributed by atoms with Gasteiger partial charge < -0.3 is 30.8 Å². The maximum Gasteiger partial charge on any atom is 0.240 e. The number of alkyl halides is 1. The summed E-state index contributed by atoms with van der Waals surface area (Å²) < 4.78 is 0. The van der Waals surface area contributed by atoms with E-state index in [9.17, 15) is 30.3 Å². The summed E-state index contributed by atoms with van der Waals surface area (Å²) in [4.78, 5) is 15.4. The van der Waals surface area contributed by atoms with E-state index >= 15 is 0 Å². The molecule has 0 bridgehead atoms. The number of rotatable bonds is 11. The van der Waals surface area contributed by atoms with E-state index < -0.39 is 59.1 Å². The molecule has 0 radical (unpaired) electrons. The Hall–Kier alpha value is -0.130. The van der Waals surface area contributed by atoms with Crippen LogP contribution in [0, 0.1) is 23.7 Å². The molecule has 8 nitrogen and oxygen atoms in total. The van der Waals surface area contributed by atoms with Crippen molar-refractivity contribution in [3.8, 4) is 0 Å². The molecule has 2 fully saturated rings. The second-order valence-corrected chi connectivity index (χ2v) is 12.1. The van der Waals surface area contributed by atoms with Gasteiger partial charge >= 0.3 is 0 Å². The third-order valence-corrected chi connectivity index (χ3v) is 8.56. The average molecular weight is 511 g/mol. The van der Waals surface area contributed by atoms with Gasteiger partial charge in [0.25, 0.3) is 0 Å². The minimum absolute atomic E-state index is 0.00893. The third-order valence-electron chi connectivity index (χ3n) is 7.53. The molecule has 0 aromatic carbocycles. The van der Waals surface area contributed by atoms with Gasteiger partial charge in [-0.05, 0) is 57.7 Å². The first-order chi connectivity index (χ1) is 15.4. The van der Waals surface area contributed by atoms with Crippen LogP contribution in [-0.2, 0) is 4.79 Å². The van der Waals surface area contributed by atoms with Crippen LogP contribution in [0.15, 0.2) is 0 Å². The van der Waals surface area contributed by atoms with Crippen molar-refractivity contribution in [3.63, 3.8) is 0 Å². The molecule has 0 aromatic heterocycles. The molecule has 1 saturated carbocycles. The topological polar surface area (TPSA) is 133 Å². The van der Waals surface area contributed by atoms with Crippen molar-refractivity contribution in [2.24, 2.45) is 23.7 Å². The van der Waals surface area contributed by atoms with Gasteiger partial charge in [0.15, 0.2) is 0 Å². The molecule has 0 spiro atoms. The van der Waals surface area contributed by atoms with Gasteiger partial charge in [0.1, 0.15) is 11.5 Å². The maximum atomic E-state index is 13.5. The van der Waals surface area contributed by atoms with Crippen LogP contribution >= 0.6 is 23.4 Å². The largest absolute Gasteiger partial charge is 0.394 e. The minimum atomic E-state index is -1.43. The van der Waals surface area contributed by atoms with Gasteiger partial charge in [-0.1, -0.05) is 13.8 Å². The number of amides is 1. The Morgan fingerprint density at radius 2 is 1.91 bits per heavy atom. The number of aliphatic hydroxyl groups is 5. The molecule has 10 heteroatoms. The van der Waals surface area contributed by atoms with E-state index in [0.29, 0.717) is 24.8 Å². The first-order valence-corrected chi connectivity index (χ1v) is 13.6. The molecule has 0 aromatic rings. The molecule has 1 aliphatic carbocycles. The molecular formula is C23H43ClN2O6S. The number of nitrogens with one attached hydrogen (secondary N) is 1. The second kappa shape index (κ2) is 12.2. The highest BCUT2D eigenvalue weighted by Gasteiger charge is 2.57. The molecule has 10 atom stereocenters. The highest BCUT2D eigenvalue weighted by molar-refractivity contribution is 7.99. The molecule has 2 aliphatic rings. The van der Waals surface area contributed by atoms with Crippen molar-refractivity contribution in [1.82, 2.24) is 10.2 Å². The Morgan fingerprint density at radius 1 is 1.27 bits per heavy atom. The predicted molar refractivity (Wildman–Crippen MR) is 131 cm³/mol. The summed E-state index contributed by atoms with van der Waals surface area (Å²) in [6.45, 7) is 5.97. The number of likely N-dealkylation sites (N-methyl/N-ethyl adjacent to an activating group) is 1. The molecule has 6 N–H and O–H groups in total. The van der Waals surface area contributed by atoms with Crippen molar-refractivity contribution in [1.29, 1.82) is 0 Å². The van der Waals surface area contributed by atoms with E-state index in [-0.39, 0.29) is 5.92 Å². The Bertz CT molecular complexity index is 644. The highest BCUT2D eigenvalue weighted by Crippen LogP contribution is 2.47. The van der Waals surface area contributed by atoms with Crippen molar-refractivity contribution >= 4 is 29.3 Å². The number of thioether (sulfide) groups is 1. The highest BCUT2D eigenvalue weighted by atomic mass is 35.5. The van der Waals surface area contributed by atoms with Gasteiger partial charge in [-0.25, -0.2) is 0 Å². The zero-order valence-corrected chi connectivity index (χ0v) is 22.0. The quantitative estimate of drug-likeness (QED) is 0.176. The van der Waals surface area contributed by atoms with E-state index in [0.717, 1.165) is 31.0 Å². The van der Waals surface area contributed by atoms with Crippen molar-refractivity contribution in [3.05, 3.63) is 0 Å². The van der Waals surface area contributed by atoms with Gasteiger partial charge in [0, 0.05) is 18.4 Å². The van der Waals surface area contributed by atoms with Crippen LogP contribution in [-0.4, -0.2) is 104 Å². The van der Waals surface area contributed by atoms with Crippen molar-refractivity contribution in [2.75, 3.05) is 26.5 Å². The van der Waals surface area contributed by atoms with Crippen LogP contribution in [0.25, 0.3) is 0 Å². The summed E-state index contributed by atoms with van der Waals surface area (Å²) in [5, 5.41) is 54.5. The zero-order valence-electron chi connectivity index (χ0n) is 20.4. The van der Waals surface area contributed by atoms with Crippen LogP contribution in [0.3, 0.4) is 0 Å². The standard InChI is InChI=1S/C23H43ClN2O6S/c1-12(2)8-14-6-7-23(32)15(9-14)10-26(4)20(23)21(30)25-18(13(3)24)17(16(28)11-27)19(29)22(31)33-5/h12-20,22,27-29,31-32H,6-11H2,1-5H3,(H,25,30). The van der Waals surface area contributed by atoms with E-state index in [1.54, 1.807) is 13.2 Å². The molecule has 2 rings (SSSR count). The first kappa shape index (κ1) is 29.1. The van der Waals surface area contributed by atoms with Crippen LogP contribution < -0.4 is 5.32 Å². The lowest BCUT2D eigenvalue weighted by Crippen LogP contribution is -2.62. The van der Waals surface area contributed by atoms with E-state index in [1.165, 1.54) is 0 Å². The number of carbonyl (C=O) groups excluding carboxylic acids is 1. The number of carbonyl (C=O) groups is 1. The SMILES string of the molecule is CSC(O)C(O)C(C(O)CO)C(NC(=O)C1N(C)CC2CC(CC(C)C)CCC21O)C(C)Cl. The number of nitrogens with zero attached hydrogens (tertiary/aromatic N) is 1. The van der Waals surface area contributed by atoms with Gasteiger partial charge in [0.2, 0.25) is 5.91 Å². The lowest BCUT2D eigenvalue weighted by molar-refractivity contribution is -0.138. The molecule has 1 aliphatic heterocycles. The second-order valence-electron chi connectivity index (χ2n) is 10.5. The van der Waals surface area contributed by atoms with Crippen LogP contribution in [0.1, 0.15) is 46.5 Å². The molecule has 1 heterocycles.